The summed E-state index contributed by atoms with van der Waals surface area (Å²) in [7, 11) is 2.30. The molecule has 2 aliphatic heterocycles. The second kappa shape index (κ2) is 5.38. The Labute approximate surface area is 91.8 Å². The molecule has 3 heteroatoms. The molecule has 2 saturated heterocycles. The highest BCUT2D eigenvalue weighted by Gasteiger charge is 2.22. The molecule has 1 unspecified atom stereocenters. The van der Waals surface area contributed by atoms with Crippen molar-refractivity contribution in [3.8, 4) is 0 Å². The molecule has 0 aromatic rings. The van der Waals surface area contributed by atoms with Gasteiger partial charge in [-0.1, -0.05) is 0 Å². The van der Waals surface area contributed by atoms with Crippen LogP contribution in [-0.2, 0) is 0 Å². The number of hydrogen-bond acceptors (Lipinski definition) is 3. The van der Waals surface area contributed by atoms with Crippen LogP contribution in [0.4, 0.5) is 0 Å². The van der Waals surface area contributed by atoms with E-state index in [0.717, 1.165) is 12.1 Å². The summed E-state index contributed by atoms with van der Waals surface area (Å²) in [5, 5.41) is 3.58. The van der Waals surface area contributed by atoms with Crippen LogP contribution in [0.5, 0.6) is 0 Å². The van der Waals surface area contributed by atoms with Crippen LogP contribution in [0.1, 0.15) is 25.7 Å². The second-order valence-electron chi connectivity index (χ2n) is 4.60. The Kier molecular flexibility index (Phi) is 4.14. The van der Waals surface area contributed by atoms with Gasteiger partial charge in [0, 0.05) is 24.4 Å². The van der Waals surface area contributed by atoms with Gasteiger partial charge in [-0.2, -0.15) is 11.8 Å². The lowest BCUT2D eigenvalue weighted by molar-refractivity contribution is 0.226. The third-order valence-corrected chi connectivity index (χ3v) is 4.63. The highest BCUT2D eigenvalue weighted by molar-refractivity contribution is 7.99. The summed E-state index contributed by atoms with van der Waals surface area (Å²) in [6, 6.07) is 1.61. The van der Waals surface area contributed by atoms with E-state index in [1.54, 1.807) is 0 Å². The standard InChI is InChI=1S/C11H22N2S/c1-13(8-10-4-2-6-12-10)11-5-3-7-14-9-11/h10-12H,2-9H2,1H3/t10-,11?/m0/s1. The lowest BCUT2D eigenvalue weighted by Gasteiger charge is -2.32. The molecule has 2 rings (SSSR count). The largest absolute Gasteiger partial charge is 0.313 e. The molecule has 2 fully saturated rings. The number of rotatable bonds is 3. The quantitative estimate of drug-likeness (QED) is 0.768. The summed E-state index contributed by atoms with van der Waals surface area (Å²) in [5.41, 5.74) is 0. The normalized spacial score (nSPS) is 33.9. The molecule has 1 N–H and O–H groups in total. The van der Waals surface area contributed by atoms with Crippen molar-refractivity contribution < 1.29 is 0 Å². The zero-order valence-electron chi connectivity index (χ0n) is 9.17. The minimum atomic E-state index is 0.770. The monoisotopic (exact) mass is 214 g/mol. The highest BCUT2D eigenvalue weighted by Crippen LogP contribution is 2.21. The van der Waals surface area contributed by atoms with Gasteiger partial charge < -0.3 is 10.2 Å². The molecule has 0 aromatic carbocycles. The molecule has 0 aromatic heterocycles. The van der Waals surface area contributed by atoms with Crippen molar-refractivity contribution in [2.24, 2.45) is 0 Å². The summed E-state index contributed by atoms with van der Waals surface area (Å²) in [4.78, 5) is 2.58. The predicted octanol–water partition coefficient (Wildman–Crippen LogP) is 1.57. The van der Waals surface area contributed by atoms with Gasteiger partial charge in [0.2, 0.25) is 0 Å². The lowest BCUT2D eigenvalue weighted by atomic mass is 10.1. The summed E-state index contributed by atoms with van der Waals surface area (Å²) in [5.74, 6) is 2.73. The van der Waals surface area contributed by atoms with E-state index >= 15 is 0 Å². The van der Waals surface area contributed by atoms with Crippen LogP contribution in [0.2, 0.25) is 0 Å². The van der Waals surface area contributed by atoms with Crippen LogP contribution in [-0.4, -0.2) is 48.6 Å². The topological polar surface area (TPSA) is 15.3 Å². The van der Waals surface area contributed by atoms with Crippen LogP contribution in [0, 0.1) is 0 Å². The first-order chi connectivity index (χ1) is 6.86. The Balaban J connectivity index is 1.72. The fourth-order valence-corrected chi connectivity index (χ4v) is 3.71. The van der Waals surface area contributed by atoms with Crippen molar-refractivity contribution in [1.29, 1.82) is 0 Å². The molecular formula is C11H22N2S. The van der Waals surface area contributed by atoms with Gasteiger partial charge in [-0.3, -0.25) is 0 Å². The van der Waals surface area contributed by atoms with Crippen LogP contribution < -0.4 is 5.32 Å². The average Bonchev–Trinajstić information content (AvgIpc) is 2.72. The first-order valence-electron chi connectivity index (χ1n) is 5.87. The molecular weight excluding hydrogens is 192 g/mol. The van der Waals surface area contributed by atoms with E-state index in [1.165, 1.54) is 50.3 Å². The van der Waals surface area contributed by atoms with Crippen molar-refractivity contribution >= 4 is 11.8 Å². The Bertz CT molecular complexity index is 163. The predicted molar refractivity (Wildman–Crippen MR) is 64.0 cm³/mol. The van der Waals surface area contributed by atoms with Crippen LogP contribution in [0.3, 0.4) is 0 Å². The zero-order chi connectivity index (χ0) is 9.80. The first-order valence-corrected chi connectivity index (χ1v) is 7.03. The molecule has 0 saturated carbocycles. The maximum Gasteiger partial charge on any atom is 0.0195 e. The average molecular weight is 214 g/mol. The first kappa shape index (κ1) is 10.8. The van der Waals surface area contributed by atoms with Gasteiger partial charge >= 0.3 is 0 Å². The third-order valence-electron chi connectivity index (χ3n) is 3.43. The highest BCUT2D eigenvalue weighted by atomic mass is 32.2. The van der Waals surface area contributed by atoms with E-state index in [-0.39, 0.29) is 0 Å². The zero-order valence-corrected chi connectivity index (χ0v) is 9.98. The molecule has 0 radical (unpaired) electrons. The fraction of sp³-hybridized carbons (Fsp3) is 1.00. The van der Waals surface area contributed by atoms with Crippen molar-refractivity contribution in [1.82, 2.24) is 10.2 Å². The van der Waals surface area contributed by atoms with Crippen LogP contribution in [0.25, 0.3) is 0 Å². The molecule has 0 spiro atoms. The number of likely N-dealkylation sites (N-methyl/N-ethyl adjacent to an activating group) is 1. The Morgan fingerprint density at radius 2 is 2.29 bits per heavy atom. The van der Waals surface area contributed by atoms with E-state index in [1.807, 2.05) is 0 Å². The molecule has 82 valence electrons. The van der Waals surface area contributed by atoms with E-state index in [2.05, 4.69) is 29.0 Å². The van der Waals surface area contributed by atoms with E-state index in [4.69, 9.17) is 0 Å². The molecule has 2 nitrogen and oxygen atoms in total. The molecule has 0 bridgehead atoms. The van der Waals surface area contributed by atoms with Crippen molar-refractivity contribution in [2.75, 3.05) is 31.6 Å². The summed E-state index contributed by atoms with van der Waals surface area (Å²) in [6.07, 6.45) is 5.58. The second-order valence-corrected chi connectivity index (χ2v) is 5.75. The van der Waals surface area contributed by atoms with E-state index in [9.17, 15) is 0 Å². The van der Waals surface area contributed by atoms with Gasteiger partial charge in [0.1, 0.15) is 0 Å². The molecule has 0 amide bonds. The maximum atomic E-state index is 3.58. The van der Waals surface area contributed by atoms with E-state index < -0.39 is 0 Å². The summed E-state index contributed by atoms with van der Waals surface area (Å²) >= 11 is 2.13. The minimum Gasteiger partial charge on any atom is -0.313 e. The van der Waals surface area contributed by atoms with E-state index in [0.29, 0.717) is 0 Å². The number of hydrogen-bond donors (Lipinski definition) is 1. The van der Waals surface area contributed by atoms with Gasteiger partial charge in [0.15, 0.2) is 0 Å². The van der Waals surface area contributed by atoms with Gasteiger partial charge in [0.25, 0.3) is 0 Å². The summed E-state index contributed by atoms with van der Waals surface area (Å²) in [6.45, 7) is 2.49. The van der Waals surface area contributed by atoms with Gasteiger partial charge in [-0.25, -0.2) is 0 Å². The Morgan fingerprint density at radius 1 is 1.36 bits per heavy atom. The molecule has 2 heterocycles. The summed E-state index contributed by atoms with van der Waals surface area (Å²) < 4.78 is 0. The van der Waals surface area contributed by atoms with Gasteiger partial charge in [-0.15, -0.1) is 0 Å². The number of nitrogens with zero attached hydrogens (tertiary/aromatic N) is 1. The molecule has 14 heavy (non-hydrogen) atoms. The molecule has 0 aliphatic carbocycles. The maximum absolute atomic E-state index is 3.58. The van der Waals surface area contributed by atoms with Gasteiger partial charge in [-0.05, 0) is 45.0 Å². The number of nitrogens with one attached hydrogen (secondary N) is 1. The van der Waals surface area contributed by atoms with Gasteiger partial charge in [0.05, 0.1) is 0 Å². The lowest BCUT2D eigenvalue weighted by Crippen LogP contribution is -2.43. The fourth-order valence-electron chi connectivity index (χ4n) is 2.48. The molecule has 2 aliphatic rings. The van der Waals surface area contributed by atoms with Crippen LogP contribution >= 0.6 is 11.8 Å². The van der Waals surface area contributed by atoms with Crippen molar-refractivity contribution in [2.45, 2.75) is 37.8 Å². The number of thioether (sulfide) groups is 1. The Hall–Kier alpha value is 0.270. The van der Waals surface area contributed by atoms with Crippen molar-refractivity contribution in [3.05, 3.63) is 0 Å². The minimum absolute atomic E-state index is 0.770. The Morgan fingerprint density at radius 3 is 2.93 bits per heavy atom. The van der Waals surface area contributed by atoms with Crippen LogP contribution in [0.15, 0.2) is 0 Å². The van der Waals surface area contributed by atoms with Crippen molar-refractivity contribution in [3.63, 3.8) is 0 Å². The molecule has 2 atom stereocenters. The SMILES string of the molecule is CN(C[C@@H]1CCCN1)C1CCCSC1. The third kappa shape index (κ3) is 2.88. The smallest absolute Gasteiger partial charge is 0.0195 e.